The van der Waals surface area contributed by atoms with Crippen LogP contribution in [0.1, 0.15) is 49.8 Å². The molecule has 0 atom stereocenters. The van der Waals surface area contributed by atoms with Crippen molar-refractivity contribution >= 4 is 16.9 Å². The van der Waals surface area contributed by atoms with E-state index in [1.807, 2.05) is 10.6 Å². The smallest absolute Gasteiger partial charge is 0.254 e. The lowest BCUT2D eigenvalue weighted by Gasteiger charge is -2.24. The minimum absolute atomic E-state index is 0.102. The average Bonchev–Trinajstić information content (AvgIpc) is 3.36. The maximum atomic E-state index is 14.4. The van der Waals surface area contributed by atoms with E-state index < -0.39 is 0 Å². The minimum atomic E-state index is -0.343. The summed E-state index contributed by atoms with van der Waals surface area (Å²) in [5.74, 6) is 1.91. The SMILES string of the molecule is CCCn1c(CN(CCC(C)C)C(=O)c2ccc3c(c2)OCO3)nc2c(F)cccc21. The number of imidazole rings is 1. The number of carbonyl (C=O) groups excluding carboxylic acids is 1. The maximum absolute atomic E-state index is 14.4. The van der Waals surface area contributed by atoms with E-state index in [2.05, 4.69) is 25.8 Å². The van der Waals surface area contributed by atoms with Gasteiger partial charge >= 0.3 is 0 Å². The van der Waals surface area contributed by atoms with Crippen LogP contribution in [0, 0.1) is 11.7 Å². The second kappa shape index (κ2) is 8.96. The van der Waals surface area contributed by atoms with Crippen LogP contribution in [0.25, 0.3) is 11.0 Å². The largest absolute Gasteiger partial charge is 0.454 e. The van der Waals surface area contributed by atoms with Crippen LogP contribution in [0.4, 0.5) is 4.39 Å². The van der Waals surface area contributed by atoms with Gasteiger partial charge in [0.1, 0.15) is 11.3 Å². The first-order valence-electron chi connectivity index (χ1n) is 10.8. The Kier molecular flexibility index (Phi) is 6.11. The van der Waals surface area contributed by atoms with Gasteiger partial charge in [-0.3, -0.25) is 4.79 Å². The van der Waals surface area contributed by atoms with Crippen LogP contribution in [0.15, 0.2) is 36.4 Å². The van der Waals surface area contributed by atoms with Gasteiger partial charge in [-0.15, -0.1) is 0 Å². The van der Waals surface area contributed by atoms with Gasteiger partial charge in [0.15, 0.2) is 17.3 Å². The summed E-state index contributed by atoms with van der Waals surface area (Å²) in [6.07, 6.45) is 1.75. The first-order valence-corrected chi connectivity index (χ1v) is 10.8. The maximum Gasteiger partial charge on any atom is 0.254 e. The second-order valence-corrected chi connectivity index (χ2v) is 8.26. The summed E-state index contributed by atoms with van der Waals surface area (Å²) in [4.78, 5) is 19.8. The topological polar surface area (TPSA) is 56.6 Å². The second-order valence-electron chi connectivity index (χ2n) is 8.26. The zero-order valence-corrected chi connectivity index (χ0v) is 18.2. The van der Waals surface area contributed by atoms with Gasteiger partial charge in [0.2, 0.25) is 6.79 Å². The lowest BCUT2D eigenvalue weighted by molar-refractivity contribution is 0.0729. The minimum Gasteiger partial charge on any atom is -0.454 e. The van der Waals surface area contributed by atoms with Crippen LogP contribution in [-0.2, 0) is 13.1 Å². The molecule has 2 heterocycles. The Morgan fingerprint density at radius 3 is 2.81 bits per heavy atom. The van der Waals surface area contributed by atoms with Crippen LogP contribution >= 0.6 is 0 Å². The lowest BCUT2D eigenvalue weighted by Crippen LogP contribution is -2.33. The molecule has 2 aromatic carbocycles. The fraction of sp³-hybridized carbons (Fsp3) is 0.417. The number of fused-ring (bicyclic) bond motifs is 2. The van der Waals surface area contributed by atoms with Crippen molar-refractivity contribution in [1.29, 1.82) is 0 Å². The van der Waals surface area contributed by atoms with E-state index in [1.165, 1.54) is 6.07 Å². The van der Waals surface area contributed by atoms with Crippen molar-refractivity contribution in [3.63, 3.8) is 0 Å². The van der Waals surface area contributed by atoms with E-state index in [4.69, 9.17) is 9.47 Å². The van der Waals surface area contributed by atoms with Gasteiger partial charge in [-0.1, -0.05) is 26.8 Å². The van der Waals surface area contributed by atoms with Crippen LogP contribution in [0.5, 0.6) is 11.5 Å². The third-order valence-corrected chi connectivity index (χ3v) is 5.47. The molecule has 0 saturated heterocycles. The number of nitrogens with zero attached hydrogens (tertiary/aromatic N) is 3. The van der Waals surface area contributed by atoms with E-state index in [9.17, 15) is 9.18 Å². The molecule has 6 nitrogen and oxygen atoms in total. The number of amides is 1. The van der Waals surface area contributed by atoms with Crippen molar-refractivity contribution in [2.45, 2.75) is 46.7 Å². The Hall–Kier alpha value is -3.09. The summed E-state index contributed by atoms with van der Waals surface area (Å²) < 4.78 is 27.2. The number of aromatic nitrogens is 2. The predicted molar refractivity (Wildman–Crippen MR) is 117 cm³/mol. The number of ether oxygens (including phenoxy) is 2. The highest BCUT2D eigenvalue weighted by Crippen LogP contribution is 2.33. The summed E-state index contributed by atoms with van der Waals surface area (Å²) in [5, 5.41) is 0. The fourth-order valence-electron chi connectivity index (χ4n) is 3.80. The van der Waals surface area contributed by atoms with Gasteiger partial charge in [-0.05, 0) is 49.1 Å². The number of aryl methyl sites for hydroxylation is 1. The normalized spacial score (nSPS) is 12.7. The quantitative estimate of drug-likeness (QED) is 0.510. The molecule has 164 valence electrons. The molecule has 0 aliphatic carbocycles. The highest BCUT2D eigenvalue weighted by Gasteiger charge is 2.23. The standard InChI is InChI=1S/C24H28FN3O3/c1-4-11-28-19-7-5-6-18(25)23(19)26-22(28)14-27(12-10-16(2)3)24(29)17-8-9-20-21(13-17)31-15-30-20/h5-9,13,16H,4,10-12,14-15H2,1-3H3. The Labute approximate surface area is 181 Å². The Morgan fingerprint density at radius 2 is 2.03 bits per heavy atom. The number of hydrogen-bond acceptors (Lipinski definition) is 4. The summed E-state index contributed by atoms with van der Waals surface area (Å²) in [6.45, 7) is 8.11. The van der Waals surface area contributed by atoms with Gasteiger partial charge in [0, 0.05) is 18.7 Å². The summed E-state index contributed by atoms with van der Waals surface area (Å²) in [6, 6.07) is 10.2. The summed E-state index contributed by atoms with van der Waals surface area (Å²) >= 11 is 0. The highest BCUT2D eigenvalue weighted by atomic mass is 19.1. The van der Waals surface area contributed by atoms with E-state index >= 15 is 0 Å². The molecule has 1 aliphatic heterocycles. The average molecular weight is 426 g/mol. The van der Waals surface area contributed by atoms with E-state index in [0.29, 0.717) is 54.0 Å². The number of benzene rings is 2. The zero-order valence-electron chi connectivity index (χ0n) is 18.2. The zero-order chi connectivity index (χ0) is 22.0. The molecule has 0 spiro atoms. The van der Waals surface area contributed by atoms with Crippen molar-refractivity contribution in [2.75, 3.05) is 13.3 Å². The van der Waals surface area contributed by atoms with Crippen LogP contribution in [0.2, 0.25) is 0 Å². The molecule has 7 heteroatoms. The van der Waals surface area contributed by atoms with Crippen molar-refractivity contribution in [2.24, 2.45) is 5.92 Å². The van der Waals surface area contributed by atoms with Gasteiger partial charge in [-0.25, -0.2) is 9.37 Å². The molecule has 0 bridgehead atoms. The first-order chi connectivity index (χ1) is 15.0. The van der Waals surface area contributed by atoms with Crippen molar-refractivity contribution < 1.29 is 18.7 Å². The molecule has 0 radical (unpaired) electrons. The number of para-hydroxylation sites is 1. The Balaban J connectivity index is 1.68. The van der Waals surface area contributed by atoms with Gasteiger partial charge < -0.3 is 18.9 Å². The molecular formula is C24H28FN3O3. The molecule has 31 heavy (non-hydrogen) atoms. The van der Waals surface area contributed by atoms with E-state index in [0.717, 1.165) is 18.4 Å². The summed E-state index contributed by atoms with van der Waals surface area (Å²) in [5.41, 5.74) is 1.65. The molecule has 1 aliphatic rings. The molecule has 3 aromatic rings. The number of halogens is 1. The number of rotatable bonds is 8. The third-order valence-electron chi connectivity index (χ3n) is 5.47. The highest BCUT2D eigenvalue weighted by molar-refractivity contribution is 5.95. The Bertz CT molecular complexity index is 1090. The number of carbonyl (C=O) groups is 1. The molecule has 1 aromatic heterocycles. The first kappa shape index (κ1) is 21.2. The van der Waals surface area contributed by atoms with Gasteiger partial charge in [0.25, 0.3) is 5.91 Å². The van der Waals surface area contributed by atoms with Crippen molar-refractivity contribution in [1.82, 2.24) is 14.5 Å². The molecule has 0 saturated carbocycles. The van der Waals surface area contributed by atoms with Gasteiger partial charge in [-0.2, -0.15) is 0 Å². The number of hydrogen-bond donors (Lipinski definition) is 0. The van der Waals surface area contributed by atoms with Gasteiger partial charge in [0.05, 0.1) is 12.1 Å². The molecule has 1 amide bonds. The van der Waals surface area contributed by atoms with E-state index in [1.54, 1.807) is 29.2 Å². The van der Waals surface area contributed by atoms with Crippen LogP contribution < -0.4 is 9.47 Å². The third kappa shape index (κ3) is 4.36. The summed E-state index contributed by atoms with van der Waals surface area (Å²) in [7, 11) is 0. The predicted octanol–water partition coefficient (Wildman–Crippen LogP) is 5.00. The molecule has 0 unspecified atom stereocenters. The van der Waals surface area contributed by atoms with Crippen LogP contribution in [0.3, 0.4) is 0 Å². The Morgan fingerprint density at radius 1 is 1.23 bits per heavy atom. The lowest BCUT2D eigenvalue weighted by atomic mass is 10.1. The fourth-order valence-corrected chi connectivity index (χ4v) is 3.80. The molecule has 0 fully saturated rings. The van der Waals surface area contributed by atoms with Crippen LogP contribution in [-0.4, -0.2) is 33.7 Å². The molecule has 4 rings (SSSR count). The molecule has 0 N–H and O–H groups in total. The van der Waals surface area contributed by atoms with E-state index in [-0.39, 0.29) is 18.5 Å². The monoisotopic (exact) mass is 425 g/mol. The van der Waals surface area contributed by atoms with Crippen molar-refractivity contribution in [3.05, 3.63) is 53.6 Å². The van der Waals surface area contributed by atoms with Crippen molar-refractivity contribution in [3.8, 4) is 11.5 Å². The molecular weight excluding hydrogens is 397 g/mol.